The van der Waals surface area contributed by atoms with Crippen LogP contribution >= 0.6 is 0 Å². The summed E-state index contributed by atoms with van der Waals surface area (Å²) < 4.78 is 5.75. The normalized spacial score (nSPS) is 23.9. The Labute approximate surface area is 157 Å². The summed E-state index contributed by atoms with van der Waals surface area (Å²) in [6, 6.07) is 15.8. The van der Waals surface area contributed by atoms with E-state index >= 15 is 0 Å². The Kier molecular flexibility index (Phi) is 4.25. The molecule has 4 rings (SSSR count). The molecular weight excluding hydrogens is 340 g/mol. The van der Waals surface area contributed by atoms with Gasteiger partial charge in [-0.2, -0.15) is 5.26 Å². The molecule has 5 heteroatoms. The molecule has 0 bridgehead atoms. The van der Waals surface area contributed by atoms with Crippen LogP contribution in [0.1, 0.15) is 18.9 Å². The Bertz CT molecular complexity index is 955. The number of ether oxygens (including phenoxy) is 1. The van der Waals surface area contributed by atoms with Gasteiger partial charge in [-0.1, -0.05) is 19.1 Å². The summed E-state index contributed by atoms with van der Waals surface area (Å²) in [5.74, 6) is 0.508. The first-order chi connectivity index (χ1) is 13.1. The summed E-state index contributed by atoms with van der Waals surface area (Å²) in [5, 5.41) is 8.83. The number of amides is 2. The molecule has 2 aliphatic rings. The molecule has 134 valence electrons. The molecule has 2 amide bonds. The maximum absolute atomic E-state index is 12.8. The van der Waals surface area contributed by atoms with Gasteiger partial charge < -0.3 is 4.74 Å². The van der Waals surface area contributed by atoms with Gasteiger partial charge in [0.2, 0.25) is 11.8 Å². The van der Waals surface area contributed by atoms with Crippen LogP contribution < -0.4 is 9.64 Å². The molecule has 0 spiro atoms. The van der Waals surface area contributed by atoms with E-state index in [0.717, 1.165) is 0 Å². The van der Waals surface area contributed by atoms with Crippen molar-refractivity contribution >= 4 is 17.5 Å². The zero-order chi connectivity index (χ0) is 19.0. The fraction of sp³-hybridized carbons (Fsp3) is 0.227. The highest BCUT2D eigenvalue weighted by Crippen LogP contribution is 2.40. The Morgan fingerprint density at radius 2 is 1.63 bits per heavy atom. The molecule has 1 aliphatic carbocycles. The lowest BCUT2D eigenvalue weighted by molar-refractivity contribution is -0.122. The third-order valence-corrected chi connectivity index (χ3v) is 5.19. The fourth-order valence-corrected chi connectivity index (χ4v) is 3.80. The summed E-state index contributed by atoms with van der Waals surface area (Å²) in [6.07, 6.45) is 4.63. The molecule has 0 N–H and O–H groups in total. The second-order valence-corrected chi connectivity index (χ2v) is 6.90. The monoisotopic (exact) mass is 358 g/mol. The largest absolute Gasteiger partial charge is 0.457 e. The van der Waals surface area contributed by atoms with Crippen LogP contribution in [0.3, 0.4) is 0 Å². The highest BCUT2D eigenvalue weighted by Gasteiger charge is 2.50. The quantitative estimate of drug-likeness (QED) is 0.613. The van der Waals surface area contributed by atoms with Crippen LogP contribution in [0.4, 0.5) is 5.69 Å². The Balaban J connectivity index is 1.53. The Hall–Kier alpha value is -3.39. The molecule has 1 saturated heterocycles. The van der Waals surface area contributed by atoms with Gasteiger partial charge in [0.05, 0.1) is 29.2 Å². The lowest BCUT2D eigenvalue weighted by Gasteiger charge is -2.22. The van der Waals surface area contributed by atoms with E-state index in [0.29, 0.717) is 29.2 Å². The number of hydrogen-bond donors (Lipinski definition) is 0. The predicted octanol–water partition coefficient (Wildman–Crippen LogP) is 4.05. The highest BCUT2D eigenvalue weighted by molar-refractivity contribution is 6.22. The van der Waals surface area contributed by atoms with Crippen molar-refractivity contribution in [1.29, 1.82) is 5.26 Å². The molecule has 1 fully saturated rings. The molecule has 0 unspecified atom stereocenters. The van der Waals surface area contributed by atoms with E-state index < -0.39 is 0 Å². The average Bonchev–Trinajstić information content (AvgIpc) is 2.95. The van der Waals surface area contributed by atoms with Gasteiger partial charge in [0, 0.05) is 0 Å². The maximum atomic E-state index is 12.8. The molecule has 3 atom stereocenters. The van der Waals surface area contributed by atoms with Crippen molar-refractivity contribution in [2.24, 2.45) is 17.8 Å². The molecule has 5 nitrogen and oxygen atoms in total. The van der Waals surface area contributed by atoms with Crippen LogP contribution in [0, 0.1) is 29.1 Å². The lowest BCUT2D eigenvalue weighted by Crippen LogP contribution is -2.31. The SMILES string of the molecule is C[C@@H]1C=CC[C@H]2C(=O)N(c3ccc(Oc4ccc(C#N)cc4)cc3)C(=O)[C@@H]12. The van der Waals surface area contributed by atoms with Crippen LogP contribution in [0.15, 0.2) is 60.7 Å². The molecule has 1 aliphatic heterocycles. The van der Waals surface area contributed by atoms with Crippen LogP contribution in [0.5, 0.6) is 11.5 Å². The minimum atomic E-state index is -0.267. The molecule has 0 aromatic heterocycles. The van der Waals surface area contributed by atoms with Gasteiger partial charge in [0.25, 0.3) is 0 Å². The maximum Gasteiger partial charge on any atom is 0.238 e. The summed E-state index contributed by atoms with van der Waals surface area (Å²) in [7, 11) is 0. The molecule has 2 aromatic carbocycles. The Morgan fingerprint density at radius 3 is 2.22 bits per heavy atom. The van der Waals surface area contributed by atoms with Crippen molar-refractivity contribution in [1.82, 2.24) is 0 Å². The molecule has 27 heavy (non-hydrogen) atoms. The van der Waals surface area contributed by atoms with E-state index in [-0.39, 0.29) is 29.6 Å². The van der Waals surface area contributed by atoms with Crippen molar-refractivity contribution in [3.8, 4) is 17.6 Å². The van der Waals surface area contributed by atoms with E-state index in [2.05, 4.69) is 6.07 Å². The number of anilines is 1. The number of benzene rings is 2. The number of carbonyl (C=O) groups excluding carboxylic acids is 2. The van der Waals surface area contributed by atoms with Crippen LogP contribution in [-0.4, -0.2) is 11.8 Å². The van der Waals surface area contributed by atoms with Gasteiger partial charge in [-0.05, 0) is 60.9 Å². The number of nitriles is 1. The van der Waals surface area contributed by atoms with Gasteiger partial charge in [0.15, 0.2) is 0 Å². The van der Waals surface area contributed by atoms with Crippen molar-refractivity contribution in [3.63, 3.8) is 0 Å². The van der Waals surface area contributed by atoms with Gasteiger partial charge in [0.1, 0.15) is 11.5 Å². The van der Waals surface area contributed by atoms with Crippen molar-refractivity contribution < 1.29 is 14.3 Å². The van der Waals surface area contributed by atoms with Crippen molar-refractivity contribution in [2.45, 2.75) is 13.3 Å². The minimum Gasteiger partial charge on any atom is -0.457 e. The zero-order valence-electron chi connectivity index (χ0n) is 14.8. The summed E-state index contributed by atoms with van der Waals surface area (Å²) in [4.78, 5) is 26.9. The fourth-order valence-electron chi connectivity index (χ4n) is 3.80. The van der Waals surface area contributed by atoms with Crippen LogP contribution in [0.25, 0.3) is 0 Å². The molecular formula is C22H18N2O3. The smallest absolute Gasteiger partial charge is 0.238 e. The van der Waals surface area contributed by atoms with E-state index in [4.69, 9.17) is 10.00 Å². The lowest BCUT2D eigenvalue weighted by atomic mass is 9.78. The van der Waals surface area contributed by atoms with Crippen molar-refractivity contribution in [2.75, 3.05) is 4.90 Å². The van der Waals surface area contributed by atoms with E-state index in [1.54, 1.807) is 48.5 Å². The number of rotatable bonds is 3. The topological polar surface area (TPSA) is 70.4 Å². The summed E-state index contributed by atoms with van der Waals surface area (Å²) in [5.41, 5.74) is 1.13. The van der Waals surface area contributed by atoms with Gasteiger partial charge in [-0.25, -0.2) is 0 Å². The van der Waals surface area contributed by atoms with Crippen LogP contribution in [0.2, 0.25) is 0 Å². The second kappa shape index (κ2) is 6.73. The average molecular weight is 358 g/mol. The first kappa shape index (κ1) is 17.0. The first-order valence-electron chi connectivity index (χ1n) is 8.91. The van der Waals surface area contributed by atoms with Crippen molar-refractivity contribution in [3.05, 3.63) is 66.2 Å². The molecule has 0 radical (unpaired) electrons. The third kappa shape index (κ3) is 3.00. The molecule has 0 saturated carbocycles. The zero-order valence-corrected chi connectivity index (χ0v) is 14.8. The molecule has 1 heterocycles. The van der Waals surface area contributed by atoms with Gasteiger partial charge >= 0.3 is 0 Å². The van der Waals surface area contributed by atoms with E-state index in [1.807, 2.05) is 19.1 Å². The number of allylic oxidation sites excluding steroid dienone is 2. The standard InChI is InChI=1S/C22H18N2O3/c1-14-3-2-4-19-20(14)22(26)24(21(19)25)16-7-11-18(12-8-16)27-17-9-5-15(13-23)6-10-17/h2-3,5-12,14,19-20H,4H2,1H3/t14-,19-,20+/m1/s1. The summed E-state index contributed by atoms with van der Waals surface area (Å²) >= 11 is 0. The number of hydrogen-bond acceptors (Lipinski definition) is 4. The predicted molar refractivity (Wildman–Crippen MR) is 100 cm³/mol. The van der Waals surface area contributed by atoms with E-state index in [9.17, 15) is 9.59 Å². The van der Waals surface area contributed by atoms with Crippen LogP contribution in [-0.2, 0) is 9.59 Å². The first-order valence-corrected chi connectivity index (χ1v) is 8.91. The number of imide groups is 1. The Morgan fingerprint density at radius 1 is 1.00 bits per heavy atom. The second-order valence-electron chi connectivity index (χ2n) is 6.90. The number of carbonyl (C=O) groups is 2. The molecule has 2 aromatic rings. The van der Waals surface area contributed by atoms with Gasteiger partial charge in [-0.3, -0.25) is 14.5 Å². The highest BCUT2D eigenvalue weighted by atomic mass is 16.5. The van der Waals surface area contributed by atoms with Gasteiger partial charge in [-0.15, -0.1) is 0 Å². The minimum absolute atomic E-state index is 0.0733. The summed E-state index contributed by atoms with van der Waals surface area (Å²) in [6.45, 7) is 1.98. The third-order valence-electron chi connectivity index (χ3n) is 5.19. The number of nitrogens with zero attached hydrogens (tertiary/aromatic N) is 2. The number of fused-ring (bicyclic) bond motifs is 1. The van der Waals surface area contributed by atoms with E-state index in [1.165, 1.54) is 4.90 Å².